The molecule has 24 heavy (non-hydrogen) atoms. The summed E-state index contributed by atoms with van der Waals surface area (Å²) in [6, 6.07) is -0.377. The molecule has 0 aliphatic rings. The van der Waals surface area contributed by atoms with Crippen LogP contribution in [-0.4, -0.2) is 58.3 Å². The minimum Gasteiger partial charge on any atom is -0.511 e. The summed E-state index contributed by atoms with van der Waals surface area (Å²) in [5.74, 6) is 0.956. The molecule has 0 unspecified atom stereocenters. The molecule has 6 heteroatoms. The lowest BCUT2D eigenvalue weighted by molar-refractivity contribution is 0.154. The van der Waals surface area contributed by atoms with Crippen LogP contribution in [0.4, 0.5) is 0 Å². The van der Waals surface area contributed by atoms with Crippen LogP contribution in [0.1, 0.15) is 42.0 Å². The summed E-state index contributed by atoms with van der Waals surface area (Å²) in [6.45, 7) is 18.0. The summed E-state index contributed by atoms with van der Waals surface area (Å²) in [5, 5.41) is 41.8. The Balaban J connectivity index is -0.000000354. The van der Waals surface area contributed by atoms with Crippen LogP contribution in [0.3, 0.4) is 0 Å². The number of rotatable bonds is 10. The Bertz CT molecular complexity index is 346. The Kier molecular flexibility index (Phi) is 16.5. The molecule has 0 saturated carbocycles. The van der Waals surface area contributed by atoms with Crippen LogP contribution in [-0.2, 0) is 0 Å². The van der Waals surface area contributed by atoms with Crippen LogP contribution in [0, 0.1) is 11.8 Å². The first-order chi connectivity index (χ1) is 10.5. The summed E-state index contributed by atoms with van der Waals surface area (Å²) in [7, 11) is 0. The Morgan fingerprint density at radius 1 is 1.00 bits per heavy atom. The number of nitrogens with one attached hydrogen (secondary N) is 2. The van der Waals surface area contributed by atoms with Crippen LogP contribution >= 0.6 is 0 Å². The standard InChI is InChI=1S/C9H19NO2.C8H17NO2.CH4/c1-7(2)5-10-9(4,6-11)8(3)12;1-6(2)4-9-8(5-10)7(3)11;/h7,10-12H,3,5-6H2,1-2,4H3;6,8-11H,3-5H2,1-2H3;1H4/t9-;8-;/m00./s1. The third kappa shape index (κ3) is 13.4. The number of aliphatic hydroxyl groups is 4. The first kappa shape index (κ1) is 27.8. The maximum Gasteiger partial charge on any atom is 0.107 e. The number of hydrogen-bond donors (Lipinski definition) is 6. The highest BCUT2D eigenvalue weighted by Gasteiger charge is 2.26. The molecule has 6 N–H and O–H groups in total. The van der Waals surface area contributed by atoms with Crippen molar-refractivity contribution in [3.63, 3.8) is 0 Å². The summed E-state index contributed by atoms with van der Waals surface area (Å²) in [4.78, 5) is 0. The predicted molar refractivity (Wildman–Crippen MR) is 102 cm³/mol. The zero-order valence-electron chi connectivity index (χ0n) is 15.3. The minimum atomic E-state index is -0.760. The summed E-state index contributed by atoms with van der Waals surface area (Å²) < 4.78 is 0. The average Bonchev–Trinajstić information content (AvgIpc) is 2.45. The molecule has 0 aromatic heterocycles. The van der Waals surface area contributed by atoms with Crippen molar-refractivity contribution in [2.45, 2.75) is 53.6 Å². The van der Waals surface area contributed by atoms with E-state index in [0.717, 1.165) is 13.1 Å². The molecule has 0 spiro atoms. The lowest BCUT2D eigenvalue weighted by Gasteiger charge is -2.28. The van der Waals surface area contributed by atoms with Gasteiger partial charge in [0.2, 0.25) is 0 Å². The lowest BCUT2D eigenvalue weighted by atomic mass is 10.0. The van der Waals surface area contributed by atoms with Crippen molar-refractivity contribution in [3.8, 4) is 0 Å². The quantitative estimate of drug-likeness (QED) is 0.339. The Morgan fingerprint density at radius 3 is 1.71 bits per heavy atom. The molecule has 0 amide bonds. The first-order valence-electron chi connectivity index (χ1n) is 7.96. The van der Waals surface area contributed by atoms with Crippen molar-refractivity contribution >= 4 is 0 Å². The van der Waals surface area contributed by atoms with Gasteiger partial charge in [-0.1, -0.05) is 48.3 Å². The van der Waals surface area contributed by atoms with E-state index < -0.39 is 5.54 Å². The van der Waals surface area contributed by atoms with Gasteiger partial charge < -0.3 is 31.1 Å². The van der Waals surface area contributed by atoms with E-state index >= 15 is 0 Å². The molecule has 2 atom stereocenters. The molecule has 0 heterocycles. The van der Waals surface area contributed by atoms with Gasteiger partial charge in [0.1, 0.15) is 11.5 Å². The fourth-order valence-corrected chi connectivity index (χ4v) is 1.34. The minimum absolute atomic E-state index is 0. The molecule has 6 nitrogen and oxygen atoms in total. The van der Waals surface area contributed by atoms with Crippen LogP contribution in [0.15, 0.2) is 24.7 Å². The molecule has 0 aromatic rings. The molecule has 0 radical (unpaired) electrons. The van der Waals surface area contributed by atoms with Gasteiger partial charge in [0.15, 0.2) is 0 Å². The third-order valence-electron chi connectivity index (χ3n) is 3.21. The van der Waals surface area contributed by atoms with Gasteiger partial charge in [-0.25, -0.2) is 0 Å². The molecular formula is C18H40N2O4. The number of hydrogen-bond acceptors (Lipinski definition) is 6. The molecule has 0 saturated heterocycles. The highest BCUT2D eigenvalue weighted by Crippen LogP contribution is 2.11. The van der Waals surface area contributed by atoms with Gasteiger partial charge in [0, 0.05) is 0 Å². The van der Waals surface area contributed by atoms with E-state index in [1.54, 1.807) is 6.92 Å². The van der Waals surface area contributed by atoms with Crippen molar-refractivity contribution in [1.82, 2.24) is 10.6 Å². The second-order valence-corrected chi connectivity index (χ2v) is 6.74. The van der Waals surface area contributed by atoms with Crippen LogP contribution in [0.25, 0.3) is 0 Å². The monoisotopic (exact) mass is 348 g/mol. The van der Waals surface area contributed by atoms with E-state index in [4.69, 9.17) is 20.4 Å². The van der Waals surface area contributed by atoms with Crippen LogP contribution < -0.4 is 10.6 Å². The topological polar surface area (TPSA) is 105 Å². The summed E-state index contributed by atoms with van der Waals surface area (Å²) >= 11 is 0. The van der Waals surface area contributed by atoms with E-state index in [1.807, 2.05) is 0 Å². The van der Waals surface area contributed by atoms with Crippen LogP contribution in [0.5, 0.6) is 0 Å². The van der Waals surface area contributed by atoms with Crippen molar-refractivity contribution in [2.24, 2.45) is 11.8 Å². The Hall–Kier alpha value is -1.08. The van der Waals surface area contributed by atoms with E-state index in [0.29, 0.717) is 11.8 Å². The Labute approximate surface area is 148 Å². The number of aliphatic hydroxyl groups excluding tert-OH is 4. The fraction of sp³-hybridized carbons (Fsp3) is 0.778. The summed E-state index contributed by atoms with van der Waals surface area (Å²) in [6.07, 6.45) is 0. The summed E-state index contributed by atoms with van der Waals surface area (Å²) in [5.41, 5.74) is -0.760. The molecular weight excluding hydrogens is 308 g/mol. The van der Waals surface area contributed by atoms with Crippen molar-refractivity contribution in [2.75, 3.05) is 26.3 Å². The predicted octanol–water partition coefficient (Wildman–Crippen LogP) is 2.36. The van der Waals surface area contributed by atoms with E-state index in [2.05, 4.69) is 51.5 Å². The molecule has 0 rings (SSSR count). The molecule has 0 aromatic carbocycles. The SMILES string of the molecule is C.C=C(O)[C@H](CO)NCC(C)C.C=C(O)[C@](C)(CO)NCC(C)C. The molecule has 0 aliphatic carbocycles. The normalized spacial score (nSPS) is 14.2. The van der Waals surface area contributed by atoms with Crippen LogP contribution in [0.2, 0.25) is 0 Å². The van der Waals surface area contributed by atoms with Gasteiger partial charge in [0.25, 0.3) is 0 Å². The Morgan fingerprint density at radius 2 is 1.46 bits per heavy atom. The van der Waals surface area contributed by atoms with Gasteiger partial charge >= 0.3 is 0 Å². The first-order valence-corrected chi connectivity index (χ1v) is 7.96. The van der Waals surface area contributed by atoms with E-state index in [1.165, 1.54) is 0 Å². The highest BCUT2D eigenvalue weighted by atomic mass is 16.3. The van der Waals surface area contributed by atoms with Crippen molar-refractivity contribution < 1.29 is 20.4 Å². The fourth-order valence-electron chi connectivity index (χ4n) is 1.34. The van der Waals surface area contributed by atoms with Gasteiger partial charge in [-0.2, -0.15) is 0 Å². The molecule has 0 bridgehead atoms. The second-order valence-electron chi connectivity index (χ2n) is 6.74. The largest absolute Gasteiger partial charge is 0.511 e. The zero-order chi connectivity index (χ0) is 18.6. The van der Waals surface area contributed by atoms with E-state index in [-0.39, 0.29) is 38.2 Å². The maximum absolute atomic E-state index is 9.17. The highest BCUT2D eigenvalue weighted by molar-refractivity contribution is 5.06. The van der Waals surface area contributed by atoms with Gasteiger partial charge in [0.05, 0.1) is 24.8 Å². The third-order valence-corrected chi connectivity index (χ3v) is 3.21. The van der Waals surface area contributed by atoms with Crippen molar-refractivity contribution in [3.05, 3.63) is 24.7 Å². The molecule has 0 fully saturated rings. The maximum atomic E-state index is 9.17. The second kappa shape index (κ2) is 14.3. The smallest absolute Gasteiger partial charge is 0.107 e. The van der Waals surface area contributed by atoms with Gasteiger partial charge in [-0.15, -0.1) is 0 Å². The van der Waals surface area contributed by atoms with Crippen molar-refractivity contribution in [1.29, 1.82) is 0 Å². The molecule has 0 aliphatic heterocycles. The van der Waals surface area contributed by atoms with Gasteiger partial charge in [-0.3, -0.25) is 0 Å². The molecule has 146 valence electrons. The average molecular weight is 349 g/mol. The van der Waals surface area contributed by atoms with Gasteiger partial charge in [-0.05, 0) is 31.8 Å². The van der Waals surface area contributed by atoms with E-state index in [9.17, 15) is 0 Å². The lowest BCUT2D eigenvalue weighted by Crippen LogP contribution is -2.48. The zero-order valence-corrected chi connectivity index (χ0v) is 15.3.